The minimum Gasteiger partial charge on any atom is -0.0613 e. The molecule has 0 atom stereocenters. The molecule has 3 aromatic carbocycles. The summed E-state index contributed by atoms with van der Waals surface area (Å²) in [5, 5.41) is 0. The highest BCUT2D eigenvalue weighted by Gasteiger charge is 2.09. The number of benzene rings is 3. The Morgan fingerprint density at radius 2 is 1.00 bits per heavy atom. The van der Waals surface area contributed by atoms with Gasteiger partial charge in [0.15, 0.2) is 0 Å². The van der Waals surface area contributed by atoms with E-state index in [0.29, 0.717) is 0 Å². The second-order valence-corrected chi connectivity index (χ2v) is 7.60. The molecule has 0 unspecified atom stereocenters. The van der Waals surface area contributed by atoms with Crippen LogP contribution in [0.1, 0.15) is 65.3 Å². The van der Waals surface area contributed by atoms with Crippen LogP contribution in [0.4, 0.5) is 0 Å². The molecule has 0 aromatic heterocycles. The van der Waals surface area contributed by atoms with E-state index in [1.54, 1.807) is 0 Å². The molecule has 0 heterocycles. The van der Waals surface area contributed by atoms with E-state index in [4.69, 9.17) is 0 Å². The van der Waals surface area contributed by atoms with Gasteiger partial charge in [-0.3, -0.25) is 0 Å². The van der Waals surface area contributed by atoms with Crippen molar-refractivity contribution in [1.82, 2.24) is 0 Å². The summed E-state index contributed by atoms with van der Waals surface area (Å²) in [5.74, 6) is 0. The minimum atomic E-state index is 1.02. The largest absolute Gasteiger partial charge is 0.0613 e. The monoisotopic (exact) mass is 356 g/mol. The molecular weight excluding hydrogens is 324 g/mol. The lowest BCUT2D eigenvalue weighted by Crippen LogP contribution is -2.01. The van der Waals surface area contributed by atoms with Gasteiger partial charge >= 0.3 is 0 Å². The van der Waals surface area contributed by atoms with Crippen LogP contribution in [0.5, 0.6) is 0 Å². The molecule has 0 saturated carbocycles. The maximum absolute atomic E-state index is 2.43. The van der Waals surface area contributed by atoms with Crippen molar-refractivity contribution in [3.05, 3.63) is 105 Å². The highest BCUT2D eigenvalue weighted by Crippen LogP contribution is 2.24. The van der Waals surface area contributed by atoms with Gasteiger partial charge in [0.1, 0.15) is 0 Å². The molecule has 0 heteroatoms. The predicted molar refractivity (Wildman–Crippen MR) is 118 cm³/mol. The summed E-state index contributed by atoms with van der Waals surface area (Å²) in [4.78, 5) is 0. The van der Waals surface area contributed by atoms with Crippen LogP contribution in [-0.2, 0) is 32.1 Å². The third-order valence-corrected chi connectivity index (χ3v) is 5.66. The third-order valence-electron chi connectivity index (χ3n) is 5.66. The van der Waals surface area contributed by atoms with E-state index in [0.717, 1.165) is 32.1 Å². The van der Waals surface area contributed by atoms with Crippen LogP contribution in [0.25, 0.3) is 0 Å². The molecule has 0 amide bonds. The topological polar surface area (TPSA) is 0 Å². The van der Waals surface area contributed by atoms with E-state index < -0.39 is 0 Å². The van der Waals surface area contributed by atoms with Crippen molar-refractivity contribution in [3.8, 4) is 0 Å². The molecule has 0 aliphatic heterocycles. The zero-order valence-electron chi connectivity index (χ0n) is 17.3. The van der Waals surface area contributed by atoms with E-state index in [-0.39, 0.29) is 0 Å². The van der Waals surface area contributed by atoms with Crippen LogP contribution < -0.4 is 0 Å². The number of aryl methyl sites for hydroxylation is 4. The van der Waals surface area contributed by atoms with Crippen molar-refractivity contribution in [3.63, 3.8) is 0 Å². The van der Waals surface area contributed by atoms with E-state index in [1.807, 2.05) is 0 Å². The smallest absolute Gasteiger partial charge is 0.00204 e. The molecule has 0 radical (unpaired) electrons. The summed E-state index contributed by atoms with van der Waals surface area (Å²) in [5.41, 5.74) is 11.5. The Labute approximate surface area is 165 Å². The molecule has 0 saturated heterocycles. The Hall–Kier alpha value is -2.34. The summed E-state index contributed by atoms with van der Waals surface area (Å²) >= 11 is 0. The maximum atomic E-state index is 2.43. The maximum Gasteiger partial charge on any atom is -0.00204 e. The summed E-state index contributed by atoms with van der Waals surface area (Å²) in [6, 6.07) is 23.0. The first-order chi connectivity index (χ1) is 13.1. The molecule has 140 valence electrons. The minimum absolute atomic E-state index is 1.02. The molecule has 0 aliphatic carbocycles. The lowest BCUT2D eigenvalue weighted by atomic mass is 9.90. The molecule has 3 rings (SSSR count). The fourth-order valence-electron chi connectivity index (χ4n) is 3.87. The first-order valence-electron chi connectivity index (χ1n) is 10.4. The van der Waals surface area contributed by atoms with Crippen molar-refractivity contribution in [1.29, 1.82) is 0 Å². The zero-order valence-corrected chi connectivity index (χ0v) is 17.3. The number of hydrogen-bond donors (Lipinski definition) is 0. The summed E-state index contributed by atoms with van der Waals surface area (Å²) < 4.78 is 0. The van der Waals surface area contributed by atoms with Crippen molar-refractivity contribution < 1.29 is 0 Å². The van der Waals surface area contributed by atoms with Crippen molar-refractivity contribution in [2.45, 2.75) is 59.8 Å². The molecule has 27 heavy (non-hydrogen) atoms. The van der Waals surface area contributed by atoms with Gasteiger partial charge < -0.3 is 0 Å². The Kier molecular flexibility index (Phi) is 6.50. The van der Waals surface area contributed by atoms with Crippen molar-refractivity contribution in [2.24, 2.45) is 0 Å². The van der Waals surface area contributed by atoms with E-state index >= 15 is 0 Å². The van der Waals surface area contributed by atoms with E-state index in [2.05, 4.69) is 88.4 Å². The van der Waals surface area contributed by atoms with Crippen LogP contribution in [0.2, 0.25) is 0 Å². The molecule has 3 aromatic rings. The lowest BCUT2D eigenvalue weighted by Gasteiger charge is -2.15. The second kappa shape index (κ2) is 9.04. The predicted octanol–water partition coefficient (Wildman–Crippen LogP) is 6.86. The Balaban J connectivity index is 1.83. The third kappa shape index (κ3) is 4.89. The van der Waals surface area contributed by atoms with Gasteiger partial charge in [-0.25, -0.2) is 0 Å². The average Bonchev–Trinajstić information content (AvgIpc) is 2.71. The summed E-state index contributed by atoms with van der Waals surface area (Å²) in [6.07, 6.45) is 5.35. The fraction of sp³-hybridized carbons (Fsp3) is 0.333. The normalized spacial score (nSPS) is 11.0. The van der Waals surface area contributed by atoms with Gasteiger partial charge in [-0.05, 0) is 83.5 Å². The van der Waals surface area contributed by atoms with E-state index in [9.17, 15) is 0 Å². The van der Waals surface area contributed by atoms with Gasteiger partial charge in [-0.2, -0.15) is 0 Å². The van der Waals surface area contributed by atoms with Crippen LogP contribution in [-0.4, -0.2) is 0 Å². The first kappa shape index (κ1) is 19.4. The molecule has 0 aliphatic rings. The molecule has 0 nitrogen and oxygen atoms in total. The van der Waals surface area contributed by atoms with Gasteiger partial charge in [0, 0.05) is 0 Å². The van der Waals surface area contributed by atoms with Crippen molar-refractivity contribution >= 4 is 0 Å². The fourth-order valence-corrected chi connectivity index (χ4v) is 3.87. The lowest BCUT2D eigenvalue weighted by molar-refractivity contribution is 1.02. The standard InChI is InChI=1S/C27H32/c1-5-21-8-12-23(13-9-21)17-25-16-20(4)27(26(7-3)18-25)19-24-14-10-22(6-2)11-15-24/h8-16,18H,5-7,17,19H2,1-4H3. The summed E-state index contributed by atoms with van der Waals surface area (Å²) in [6.45, 7) is 8.97. The summed E-state index contributed by atoms with van der Waals surface area (Å²) in [7, 11) is 0. The van der Waals surface area contributed by atoms with Crippen molar-refractivity contribution in [2.75, 3.05) is 0 Å². The SMILES string of the molecule is CCc1ccc(Cc2cc(C)c(Cc3ccc(CC)cc3)c(CC)c2)cc1. The molecular formula is C27H32. The zero-order chi connectivity index (χ0) is 19.2. The molecule has 0 bridgehead atoms. The van der Waals surface area contributed by atoms with Crippen LogP contribution >= 0.6 is 0 Å². The highest BCUT2D eigenvalue weighted by atomic mass is 14.1. The van der Waals surface area contributed by atoms with Gasteiger partial charge in [0.05, 0.1) is 0 Å². The van der Waals surface area contributed by atoms with Crippen LogP contribution in [0.3, 0.4) is 0 Å². The van der Waals surface area contributed by atoms with Crippen LogP contribution in [0.15, 0.2) is 60.7 Å². The number of hydrogen-bond acceptors (Lipinski definition) is 0. The Morgan fingerprint density at radius 3 is 1.48 bits per heavy atom. The van der Waals surface area contributed by atoms with E-state index in [1.165, 1.54) is 44.5 Å². The molecule has 0 spiro atoms. The Morgan fingerprint density at radius 1 is 0.519 bits per heavy atom. The van der Waals surface area contributed by atoms with Gasteiger partial charge in [-0.15, -0.1) is 0 Å². The second-order valence-electron chi connectivity index (χ2n) is 7.60. The van der Waals surface area contributed by atoms with Gasteiger partial charge in [0.2, 0.25) is 0 Å². The first-order valence-corrected chi connectivity index (χ1v) is 10.4. The quantitative estimate of drug-likeness (QED) is 0.433. The van der Waals surface area contributed by atoms with Gasteiger partial charge in [0.25, 0.3) is 0 Å². The molecule has 0 N–H and O–H groups in total. The average molecular weight is 357 g/mol. The molecule has 0 fully saturated rings. The highest BCUT2D eigenvalue weighted by molar-refractivity contribution is 5.43. The van der Waals surface area contributed by atoms with Crippen LogP contribution in [0, 0.1) is 6.92 Å². The Bertz CT molecular complexity index is 867. The van der Waals surface area contributed by atoms with Gasteiger partial charge in [-0.1, -0.05) is 81.4 Å². The number of rotatable bonds is 7.